The number of aromatic nitrogens is 2. The molecule has 0 bridgehead atoms. The fourth-order valence-electron chi connectivity index (χ4n) is 3.94. The molecule has 1 aromatic carbocycles. The zero-order valence-electron chi connectivity index (χ0n) is 15.0. The number of carbonyl (C=O) groups is 1. The highest BCUT2D eigenvalue weighted by Crippen LogP contribution is 2.30. The van der Waals surface area contributed by atoms with Crippen molar-refractivity contribution in [2.24, 2.45) is 7.05 Å². The van der Waals surface area contributed by atoms with Crippen molar-refractivity contribution in [2.75, 3.05) is 39.3 Å². The van der Waals surface area contributed by atoms with E-state index < -0.39 is 0 Å². The van der Waals surface area contributed by atoms with Crippen molar-refractivity contribution < 1.29 is 4.79 Å². The lowest BCUT2D eigenvalue weighted by Gasteiger charge is -2.32. The van der Waals surface area contributed by atoms with E-state index in [0.717, 1.165) is 51.3 Å². The van der Waals surface area contributed by atoms with Crippen LogP contribution in [0.2, 0.25) is 5.02 Å². The number of hydrogen-bond acceptors (Lipinski definition) is 4. The van der Waals surface area contributed by atoms with Crippen molar-refractivity contribution in [1.82, 2.24) is 24.9 Å². The number of piperazine rings is 1. The van der Waals surface area contributed by atoms with Crippen molar-refractivity contribution in [1.29, 1.82) is 0 Å². The molecule has 0 saturated carbocycles. The van der Waals surface area contributed by atoms with Crippen LogP contribution in [-0.2, 0) is 7.05 Å². The Labute approximate surface area is 158 Å². The van der Waals surface area contributed by atoms with Gasteiger partial charge in [-0.25, -0.2) is 0 Å². The minimum atomic E-state index is 0.0469. The molecule has 1 amide bonds. The number of aryl methyl sites for hydroxylation is 1. The molecule has 0 radical (unpaired) electrons. The van der Waals surface area contributed by atoms with Crippen molar-refractivity contribution in [3.8, 4) is 11.3 Å². The second kappa shape index (κ2) is 7.39. The van der Waals surface area contributed by atoms with E-state index in [1.807, 2.05) is 36.2 Å². The van der Waals surface area contributed by atoms with Gasteiger partial charge in [0.1, 0.15) is 5.69 Å². The van der Waals surface area contributed by atoms with E-state index in [2.05, 4.69) is 15.3 Å². The lowest BCUT2D eigenvalue weighted by atomic mass is 10.1. The Morgan fingerprint density at radius 3 is 2.77 bits per heavy atom. The third kappa shape index (κ3) is 3.37. The van der Waals surface area contributed by atoms with Gasteiger partial charge in [0.2, 0.25) is 0 Å². The van der Waals surface area contributed by atoms with Crippen molar-refractivity contribution in [2.45, 2.75) is 12.5 Å². The summed E-state index contributed by atoms with van der Waals surface area (Å²) in [5.41, 5.74) is 2.09. The summed E-state index contributed by atoms with van der Waals surface area (Å²) in [5, 5.41) is 8.51. The quantitative estimate of drug-likeness (QED) is 0.892. The van der Waals surface area contributed by atoms with Gasteiger partial charge in [-0.3, -0.25) is 14.4 Å². The minimum absolute atomic E-state index is 0.0469. The molecule has 0 aliphatic carbocycles. The Kier molecular flexibility index (Phi) is 4.98. The Balaban J connectivity index is 1.55. The second-order valence-corrected chi connectivity index (χ2v) is 7.43. The van der Waals surface area contributed by atoms with Crippen LogP contribution >= 0.6 is 11.6 Å². The molecule has 2 aliphatic rings. The van der Waals surface area contributed by atoms with E-state index in [0.29, 0.717) is 22.3 Å². The van der Waals surface area contributed by atoms with Crippen molar-refractivity contribution in [3.05, 3.63) is 41.0 Å². The maximum Gasteiger partial charge on any atom is 0.257 e. The van der Waals surface area contributed by atoms with E-state index >= 15 is 0 Å². The largest absolute Gasteiger partial charge is 0.337 e. The van der Waals surface area contributed by atoms with Gasteiger partial charge in [0.15, 0.2) is 0 Å². The molecule has 2 aliphatic heterocycles. The third-order valence-electron chi connectivity index (χ3n) is 5.31. The number of halogens is 1. The second-order valence-electron chi connectivity index (χ2n) is 7.02. The number of rotatable bonds is 3. The number of nitrogens with one attached hydrogen (secondary N) is 1. The van der Waals surface area contributed by atoms with Gasteiger partial charge in [-0.1, -0.05) is 29.8 Å². The van der Waals surface area contributed by atoms with Crippen LogP contribution in [0.25, 0.3) is 11.3 Å². The molecular weight excluding hydrogens is 350 g/mol. The number of amides is 1. The zero-order valence-corrected chi connectivity index (χ0v) is 15.7. The van der Waals surface area contributed by atoms with Crippen LogP contribution in [0.4, 0.5) is 0 Å². The summed E-state index contributed by atoms with van der Waals surface area (Å²) in [7, 11) is 1.84. The molecule has 1 N–H and O–H groups in total. The fraction of sp³-hybridized carbons (Fsp3) is 0.474. The summed E-state index contributed by atoms with van der Waals surface area (Å²) in [5.74, 6) is 0.0469. The Morgan fingerprint density at radius 2 is 2.00 bits per heavy atom. The van der Waals surface area contributed by atoms with Crippen LogP contribution in [0, 0.1) is 0 Å². The standard InChI is InChI=1S/C19H24ClN5O/c1-23-13-16(18(22-23)15-4-2-3-5-17(15)20)19(26)25-9-6-14(12-25)24-10-7-21-8-11-24/h2-5,13-14,21H,6-12H2,1H3. The average molecular weight is 374 g/mol. The molecule has 7 heteroatoms. The third-order valence-corrected chi connectivity index (χ3v) is 5.64. The van der Waals surface area contributed by atoms with Gasteiger partial charge < -0.3 is 10.2 Å². The monoisotopic (exact) mass is 373 g/mol. The Morgan fingerprint density at radius 1 is 1.23 bits per heavy atom. The number of hydrogen-bond donors (Lipinski definition) is 1. The summed E-state index contributed by atoms with van der Waals surface area (Å²) in [6.45, 7) is 5.77. The Bertz CT molecular complexity index is 799. The molecule has 138 valence electrons. The molecule has 1 unspecified atom stereocenters. The molecule has 26 heavy (non-hydrogen) atoms. The van der Waals surface area contributed by atoms with Crippen molar-refractivity contribution >= 4 is 17.5 Å². The lowest BCUT2D eigenvalue weighted by Crippen LogP contribution is -2.49. The summed E-state index contributed by atoms with van der Waals surface area (Å²) in [6.07, 6.45) is 2.84. The highest BCUT2D eigenvalue weighted by molar-refractivity contribution is 6.33. The number of benzene rings is 1. The molecule has 0 spiro atoms. The molecule has 1 atom stereocenters. The van der Waals surface area contributed by atoms with Gasteiger partial charge in [-0.15, -0.1) is 0 Å². The van der Waals surface area contributed by atoms with Crippen LogP contribution in [-0.4, -0.2) is 70.8 Å². The summed E-state index contributed by atoms with van der Waals surface area (Å²) < 4.78 is 1.69. The van der Waals surface area contributed by atoms with Crippen molar-refractivity contribution in [3.63, 3.8) is 0 Å². The van der Waals surface area contributed by atoms with Crippen LogP contribution < -0.4 is 5.32 Å². The van der Waals surface area contributed by atoms with Crippen LogP contribution in [0.5, 0.6) is 0 Å². The van der Waals surface area contributed by atoms with Gasteiger partial charge in [0, 0.05) is 64.1 Å². The molecule has 2 saturated heterocycles. The van der Waals surface area contributed by atoms with Gasteiger partial charge in [-0.2, -0.15) is 5.10 Å². The van der Waals surface area contributed by atoms with Gasteiger partial charge in [0.05, 0.1) is 10.6 Å². The Hall–Kier alpha value is -1.89. The summed E-state index contributed by atoms with van der Waals surface area (Å²) >= 11 is 6.34. The van der Waals surface area contributed by atoms with E-state index in [1.165, 1.54) is 0 Å². The lowest BCUT2D eigenvalue weighted by molar-refractivity contribution is 0.0774. The van der Waals surface area contributed by atoms with Crippen LogP contribution in [0.15, 0.2) is 30.5 Å². The number of likely N-dealkylation sites (tertiary alicyclic amines) is 1. The van der Waals surface area contributed by atoms with E-state index in [-0.39, 0.29) is 5.91 Å². The highest BCUT2D eigenvalue weighted by Gasteiger charge is 2.33. The van der Waals surface area contributed by atoms with Gasteiger partial charge in [-0.05, 0) is 12.5 Å². The normalized spacial score (nSPS) is 21.3. The van der Waals surface area contributed by atoms with E-state index in [9.17, 15) is 4.79 Å². The first-order valence-electron chi connectivity index (χ1n) is 9.16. The van der Waals surface area contributed by atoms with Crippen LogP contribution in [0.1, 0.15) is 16.8 Å². The fourth-order valence-corrected chi connectivity index (χ4v) is 4.16. The predicted octanol–water partition coefficient (Wildman–Crippen LogP) is 1.86. The predicted molar refractivity (Wildman–Crippen MR) is 102 cm³/mol. The molecule has 1 aromatic heterocycles. The molecule has 2 fully saturated rings. The number of carbonyl (C=O) groups excluding carboxylic acids is 1. The SMILES string of the molecule is Cn1cc(C(=O)N2CCC(N3CCNCC3)C2)c(-c2ccccc2Cl)n1. The van der Waals surface area contributed by atoms with Gasteiger partial charge in [0.25, 0.3) is 5.91 Å². The van der Waals surface area contributed by atoms with Crippen LogP contribution in [0.3, 0.4) is 0 Å². The smallest absolute Gasteiger partial charge is 0.257 e. The summed E-state index contributed by atoms with van der Waals surface area (Å²) in [6, 6.07) is 8.00. The highest BCUT2D eigenvalue weighted by atomic mass is 35.5. The minimum Gasteiger partial charge on any atom is -0.337 e. The number of nitrogens with zero attached hydrogens (tertiary/aromatic N) is 4. The zero-order chi connectivity index (χ0) is 18.1. The first kappa shape index (κ1) is 17.5. The molecule has 3 heterocycles. The average Bonchev–Trinajstić information content (AvgIpc) is 3.29. The first-order chi connectivity index (χ1) is 12.6. The summed E-state index contributed by atoms with van der Waals surface area (Å²) in [4.78, 5) is 17.7. The molecule has 4 rings (SSSR count). The molecule has 6 nitrogen and oxygen atoms in total. The maximum absolute atomic E-state index is 13.2. The molecule has 2 aromatic rings. The van der Waals surface area contributed by atoms with E-state index in [4.69, 9.17) is 11.6 Å². The molecular formula is C19H24ClN5O. The van der Waals surface area contributed by atoms with Gasteiger partial charge >= 0.3 is 0 Å². The topological polar surface area (TPSA) is 53.4 Å². The maximum atomic E-state index is 13.2. The first-order valence-corrected chi connectivity index (χ1v) is 9.54. The van der Waals surface area contributed by atoms with E-state index in [1.54, 1.807) is 10.9 Å².